The number of rotatable bonds is 2. The lowest BCUT2D eigenvalue weighted by Crippen LogP contribution is -1.86. The van der Waals surface area contributed by atoms with Gasteiger partial charge in [0.2, 0.25) is 0 Å². The van der Waals surface area contributed by atoms with Gasteiger partial charge in [-0.3, -0.25) is 0 Å². The molecule has 0 atom stereocenters. The van der Waals surface area contributed by atoms with Crippen molar-refractivity contribution in [2.24, 2.45) is 0 Å². The van der Waals surface area contributed by atoms with Crippen LogP contribution in [-0.4, -0.2) is 5.88 Å². The molecule has 0 N–H and O–H groups in total. The maximum absolute atomic E-state index is 5.75. The molecule has 0 aliphatic heterocycles. The quantitative estimate of drug-likeness (QED) is 0.702. The zero-order valence-corrected chi connectivity index (χ0v) is 8.88. The highest BCUT2D eigenvalue weighted by Crippen LogP contribution is 2.21. The van der Waals surface area contributed by atoms with Crippen LogP contribution in [0.1, 0.15) is 5.56 Å². The predicted octanol–water partition coefficient (Wildman–Crippen LogP) is 3.88. The summed E-state index contributed by atoms with van der Waals surface area (Å²) < 4.78 is 1.03. The van der Waals surface area contributed by atoms with E-state index in [1.165, 1.54) is 5.56 Å². The molecule has 0 radical (unpaired) electrons. The second-order valence-corrected chi connectivity index (χ2v) is 3.84. The second-order valence-electron chi connectivity index (χ2n) is 2.17. The highest BCUT2D eigenvalue weighted by molar-refractivity contribution is 9.10. The fourth-order valence-electron chi connectivity index (χ4n) is 0.826. The molecule has 0 heterocycles. The molecule has 0 nitrogen and oxygen atoms in total. The van der Waals surface area contributed by atoms with E-state index < -0.39 is 0 Å². The van der Waals surface area contributed by atoms with E-state index in [0.29, 0.717) is 5.88 Å². The number of hydrogen-bond acceptors (Lipinski definition) is 0. The van der Waals surface area contributed by atoms with Gasteiger partial charge in [0.05, 0.1) is 0 Å². The average Bonchev–Trinajstić information content (AvgIpc) is 1.95. The van der Waals surface area contributed by atoms with Gasteiger partial charge in [-0.15, -0.1) is 11.6 Å². The molecule has 0 fully saturated rings. The molecule has 60 valence electrons. The van der Waals surface area contributed by atoms with E-state index in [2.05, 4.69) is 15.9 Å². The summed E-state index contributed by atoms with van der Waals surface area (Å²) in [4.78, 5) is 0. The van der Waals surface area contributed by atoms with Crippen molar-refractivity contribution in [3.05, 3.63) is 33.3 Å². The molecule has 0 amide bonds. The third kappa shape index (κ3) is 2.66. The lowest BCUT2D eigenvalue weighted by molar-refractivity contribution is 1.14. The Morgan fingerprint density at radius 3 is 2.64 bits per heavy atom. The molecule has 0 unspecified atom stereocenters. The molecule has 0 saturated carbocycles. The lowest BCUT2D eigenvalue weighted by Gasteiger charge is -2.00. The molecule has 3 heteroatoms. The van der Waals surface area contributed by atoms with Crippen molar-refractivity contribution in [3.63, 3.8) is 0 Å². The maximum atomic E-state index is 5.75. The number of aryl methyl sites for hydroxylation is 1. The summed E-state index contributed by atoms with van der Waals surface area (Å²) in [6.45, 7) is 0. The smallest absolute Gasteiger partial charge is 0.0417 e. The summed E-state index contributed by atoms with van der Waals surface area (Å²) in [5.41, 5.74) is 1.20. The van der Waals surface area contributed by atoms with Gasteiger partial charge in [0.25, 0.3) is 0 Å². The predicted molar refractivity (Wildman–Crippen MR) is 53.6 cm³/mol. The summed E-state index contributed by atoms with van der Waals surface area (Å²) in [6.07, 6.45) is 0.874. The van der Waals surface area contributed by atoms with Crippen molar-refractivity contribution in [2.45, 2.75) is 6.42 Å². The van der Waals surface area contributed by atoms with Gasteiger partial charge in [-0.1, -0.05) is 33.6 Å². The van der Waals surface area contributed by atoms with Crippen LogP contribution in [-0.2, 0) is 6.42 Å². The van der Waals surface area contributed by atoms with Crippen molar-refractivity contribution in [3.8, 4) is 0 Å². The summed E-state index contributed by atoms with van der Waals surface area (Å²) >= 11 is 14.8. The topological polar surface area (TPSA) is 0 Å². The van der Waals surface area contributed by atoms with Gasteiger partial charge in [-0.2, -0.15) is 0 Å². The van der Waals surface area contributed by atoms with Crippen molar-refractivity contribution in [1.82, 2.24) is 0 Å². The first-order valence-corrected chi connectivity index (χ1v) is 4.94. The maximum Gasteiger partial charge on any atom is 0.0417 e. The van der Waals surface area contributed by atoms with Crippen LogP contribution in [0, 0.1) is 0 Å². The average molecular weight is 254 g/mol. The van der Waals surface area contributed by atoms with E-state index in [1.54, 1.807) is 0 Å². The standard InChI is InChI=1S/C8H7BrCl2/c9-8-5-7(11)2-1-6(8)3-4-10/h1-2,5H,3-4H2. The molecular weight excluding hydrogens is 247 g/mol. The Hall–Kier alpha value is 0.280. The van der Waals surface area contributed by atoms with Crippen LogP contribution in [0.2, 0.25) is 5.02 Å². The van der Waals surface area contributed by atoms with Gasteiger partial charge in [0.1, 0.15) is 0 Å². The monoisotopic (exact) mass is 252 g/mol. The molecule has 0 saturated heterocycles. The second kappa shape index (κ2) is 4.34. The molecule has 0 bridgehead atoms. The van der Waals surface area contributed by atoms with Crippen LogP contribution >= 0.6 is 39.1 Å². The molecule has 1 aromatic carbocycles. The van der Waals surface area contributed by atoms with Gasteiger partial charge < -0.3 is 0 Å². The number of halogens is 3. The Bertz CT molecular complexity index is 248. The third-order valence-electron chi connectivity index (χ3n) is 1.38. The van der Waals surface area contributed by atoms with Gasteiger partial charge >= 0.3 is 0 Å². The molecule has 0 spiro atoms. The number of alkyl halides is 1. The van der Waals surface area contributed by atoms with Crippen molar-refractivity contribution in [1.29, 1.82) is 0 Å². The Labute approximate surface area is 84.6 Å². The van der Waals surface area contributed by atoms with Gasteiger partial charge in [0.15, 0.2) is 0 Å². The lowest BCUT2D eigenvalue weighted by atomic mass is 10.2. The van der Waals surface area contributed by atoms with Crippen LogP contribution < -0.4 is 0 Å². The van der Waals surface area contributed by atoms with Crippen LogP contribution in [0.25, 0.3) is 0 Å². The first-order chi connectivity index (χ1) is 5.24. The molecular formula is C8H7BrCl2. The van der Waals surface area contributed by atoms with Gasteiger partial charge in [-0.05, 0) is 24.1 Å². The van der Waals surface area contributed by atoms with E-state index in [0.717, 1.165) is 15.9 Å². The largest absolute Gasteiger partial charge is 0.126 e. The molecule has 1 rings (SSSR count). The fraction of sp³-hybridized carbons (Fsp3) is 0.250. The van der Waals surface area contributed by atoms with E-state index in [9.17, 15) is 0 Å². The minimum atomic E-state index is 0.639. The molecule has 0 aliphatic rings. The highest BCUT2D eigenvalue weighted by Gasteiger charge is 1.98. The highest BCUT2D eigenvalue weighted by atomic mass is 79.9. The zero-order chi connectivity index (χ0) is 8.27. The first-order valence-electron chi connectivity index (χ1n) is 3.24. The minimum absolute atomic E-state index is 0.639. The molecule has 0 aromatic heterocycles. The normalized spacial score (nSPS) is 10.1. The molecule has 0 aliphatic carbocycles. The Balaban J connectivity index is 2.90. The summed E-state index contributed by atoms with van der Waals surface area (Å²) in [6, 6.07) is 5.73. The van der Waals surface area contributed by atoms with Crippen LogP contribution in [0.3, 0.4) is 0 Å². The minimum Gasteiger partial charge on any atom is -0.126 e. The molecule has 11 heavy (non-hydrogen) atoms. The Morgan fingerprint density at radius 1 is 1.36 bits per heavy atom. The van der Waals surface area contributed by atoms with Gasteiger partial charge in [-0.25, -0.2) is 0 Å². The summed E-state index contributed by atoms with van der Waals surface area (Å²) in [5, 5.41) is 0.746. The zero-order valence-electron chi connectivity index (χ0n) is 5.78. The fourth-order valence-corrected chi connectivity index (χ4v) is 1.91. The van der Waals surface area contributed by atoms with Crippen LogP contribution in [0.4, 0.5) is 0 Å². The van der Waals surface area contributed by atoms with Crippen molar-refractivity contribution < 1.29 is 0 Å². The van der Waals surface area contributed by atoms with Gasteiger partial charge in [0, 0.05) is 15.4 Å². The van der Waals surface area contributed by atoms with E-state index in [4.69, 9.17) is 23.2 Å². The summed E-state index contributed by atoms with van der Waals surface area (Å²) in [7, 11) is 0. The Morgan fingerprint density at radius 2 is 2.09 bits per heavy atom. The van der Waals surface area contributed by atoms with Crippen LogP contribution in [0.5, 0.6) is 0 Å². The molecule has 1 aromatic rings. The Kier molecular flexibility index (Phi) is 3.70. The third-order valence-corrected chi connectivity index (χ3v) is 2.54. The number of hydrogen-bond donors (Lipinski definition) is 0. The van der Waals surface area contributed by atoms with Crippen LogP contribution in [0.15, 0.2) is 22.7 Å². The first kappa shape index (κ1) is 9.37. The van der Waals surface area contributed by atoms with E-state index in [-0.39, 0.29) is 0 Å². The number of benzene rings is 1. The van der Waals surface area contributed by atoms with E-state index in [1.807, 2.05) is 18.2 Å². The van der Waals surface area contributed by atoms with Crippen molar-refractivity contribution >= 4 is 39.1 Å². The SMILES string of the molecule is ClCCc1ccc(Cl)cc1Br. The van der Waals surface area contributed by atoms with Crippen molar-refractivity contribution in [2.75, 3.05) is 5.88 Å². The summed E-state index contributed by atoms with van der Waals surface area (Å²) in [5.74, 6) is 0.639. The van der Waals surface area contributed by atoms with E-state index >= 15 is 0 Å².